The Morgan fingerprint density at radius 3 is 2.52 bits per heavy atom. The minimum Gasteiger partial charge on any atom is -0.493 e. The van der Waals surface area contributed by atoms with Crippen LogP contribution in [0.5, 0.6) is 5.75 Å². The number of hydrogen-bond acceptors (Lipinski definition) is 5. The number of Topliss-reactive ketones (excluding diaryl/α,β-unsaturated/α-hetero) is 1. The molecule has 0 N–H and O–H groups in total. The lowest BCUT2D eigenvalue weighted by Gasteiger charge is -2.05. The zero-order chi connectivity index (χ0) is 15.4. The average molecular weight is 311 g/mol. The van der Waals surface area contributed by atoms with Crippen molar-refractivity contribution < 1.29 is 23.9 Å². The highest BCUT2D eigenvalue weighted by Crippen LogP contribution is 2.39. The van der Waals surface area contributed by atoms with Gasteiger partial charge in [0.25, 0.3) is 0 Å². The van der Waals surface area contributed by atoms with Crippen LogP contribution >= 0.6 is 11.6 Å². The SMILES string of the molecule is CC(=O)CC(=O)OC(=O)C1CC1COc1ccc(Cl)cc1. The van der Waals surface area contributed by atoms with Gasteiger partial charge in [0.05, 0.1) is 12.5 Å². The molecule has 2 unspecified atom stereocenters. The lowest BCUT2D eigenvalue weighted by Crippen LogP contribution is -2.17. The Balaban J connectivity index is 1.72. The quantitative estimate of drug-likeness (QED) is 0.596. The van der Waals surface area contributed by atoms with Crippen molar-refractivity contribution in [3.05, 3.63) is 29.3 Å². The summed E-state index contributed by atoms with van der Waals surface area (Å²) in [6.45, 7) is 1.65. The van der Waals surface area contributed by atoms with Gasteiger partial charge in [-0.2, -0.15) is 0 Å². The van der Waals surface area contributed by atoms with Gasteiger partial charge in [0.2, 0.25) is 0 Å². The Bertz CT molecular complexity index is 552. The molecule has 1 aromatic rings. The molecule has 0 heterocycles. The summed E-state index contributed by atoms with van der Waals surface area (Å²) in [6.07, 6.45) is 0.254. The number of carbonyl (C=O) groups is 3. The summed E-state index contributed by atoms with van der Waals surface area (Å²) in [5, 5.41) is 0.624. The summed E-state index contributed by atoms with van der Waals surface area (Å²) in [7, 11) is 0. The Kier molecular flexibility index (Phi) is 4.96. The number of rotatable bonds is 6. The predicted octanol–water partition coefficient (Wildman–Crippen LogP) is 2.40. The smallest absolute Gasteiger partial charge is 0.320 e. The molecule has 1 saturated carbocycles. The lowest BCUT2D eigenvalue weighted by molar-refractivity contribution is -0.161. The molecule has 0 bridgehead atoms. The second kappa shape index (κ2) is 6.72. The van der Waals surface area contributed by atoms with Crippen molar-refractivity contribution in [3.63, 3.8) is 0 Å². The summed E-state index contributed by atoms with van der Waals surface area (Å²) in [5.74, 6) is -1.31. The average Bonchev–Trinajstić information content (AvgIpc) is 3.16. The molecular weight excluding hydrogens is 296 g/mol. The zero-order valence-electron chi connectivity index (χ0n) is 11.5. The summed E-state index contributed by atoms with van der Waals surface area (Å²) in [5.41, 5.74) is 0. The van der Waals surface area contributed by atoms with Gasteiger partial charge >= 0.3 is 11.9 Å². The second-order valence-corrected chi connectivity index (χ2v) is 5.48. The number of esters is 2. The molecule has 112 valence electrons. The van der Waals surface area contributed by atoms with Crippen LogP contribution in [0.15, 0.2) is 24.3 Å². The van der Waals surface area contributed by atoms with Crippen molar-refractivity contribution in [1.82, 2.24) is 0 Å². The highest BCUT2D eigenvalue weighted by molar-refractivity contribution is 6.30. The normalized spacial score (nSPS) is 19.7. The fourth-order valence-electron chi connectivity index (χ4n) is 1.88. The van der Waals surface area contributed by atoms with Gasteiger partial charge in [-0.25, -0.2) is 0 Å². The van der Waals surface area contributed by atoms with Gasteiger partial charge in [-0.3, -0.25) is 14.4 Å². The minimum absolute atomic E-state index is 0.0401. The summed E-state index contributed by atoms with van der Waals surface area (Å²) >= 11 is 5.76. The van der Waals surface area contributed by atoms with E-state index in [0.29, 0.717) is 23.8 Å². The Morgan fingerprint density at radius 1 is 1.24 bits per heavy atom. The minimum atomic E-state index is -0.795. The van der Waals surface area contributed by atoms with Crippen LogP contribution in [0.4, 0.5) is 0 Å². The van der Waals surface area contributed by atoms with Gasteiger partial charge in [0.15, 0.2) is 0 Å². The van der Waals surface area contributed by atoms with Crippen LogP contribution in [-0.4, -0.2) is 24.3 Å². The van der Waals surface area contributed by atoms with Crippen molar-refractivity contribution in [2.45, 2.75) is 19.8 Å². The molecule has 1 aromatic carbocycles. The van der Waals surface area contributed by atoms with Crippen molar-refractivity contribution >= 4 is 29.3 Å². The molecule has 0 saturated heterocycles. The molecule has 0 aliphatic heterocycles. The fraction of sp³-hybridized carbons (Fsp3) is 0.400. The van der Waals surface area contributed by atoms with Crippen LogP contribution in [0.25, 0.3) is 0 Å². The number of halogens is 1. The molecule has 1 aliphatic carbocycles. The molecule has 0 aromatic heterocycles. The Hall–Kier alpha value is -1.88. The van der Waals surface area contributed by atoms with Crippen molar-refractivity contribution in [1.29, 1.82) is 0 Å². The van der Waals surface area contributed by atoms with E-state index in [1.165, 1.54) is 6.92 Å². The van der Waals surface area contributed by atoms with Crippen molar-refractivity contribution in [3.8, 4) is 5.75 Å². The van der Waals surface area contributed by atoms with E-state index in [1.54, 1.807) is 24.3 Å². The molecule has 1 aliphatic rings. The standard InChI is InChI=1S/C15H15ClO5/c1-9(17)6-14(18)21-15(19)13-7-10(13)8-20-12-4-2-11(16)3-5-12/h2-5,10,13H,6-8H2,1H3. The number of benzene rings is 1. The van der Waals surface area contributed by atoms with Crippen LogP contribution in [0.1, 0.15) is 19.8 Å². The maximum Gasteiger partial charge on any atom is 0.320 e. The monoisotopic (exact) mass is 310 g/mol. The van der Waals surface area contributed by atoms with E-state index >= 15 is 0 Å². The van der Waals surface area contributed by atoms with Gasteiger partial charge in [-0.05, 0) is 37.6 Å². The molecule has 0 radical (unpaired) electrons. The van der Waals surface area contributed by atoms with E-state index in [2.05, 4.69) is 4.74 Å². The number of ether oxygens (including phenoxy) is 2. The Labute approximate surface area is 127 Å². The molecule has 0 amide bonds. The summed E-state index contributed by atoms with van der Waals surface area (Å²) < 4.78 is 10.1. The highest BCUT2D eigenvalue weighted by Gasteiger charge is 2.45. The lowest BCUT2D eigenvalue weighted by atomic mass is 10.3. The number of hydrogen-bond donors (Lipinski definition) is 0. The van der Waals surface area contributed by atoms with Gasteiger partial charge in [0.1, 0.15) is 18.0 Å². The van der Waals surface area contributed by atoms with Crippen LogP contribution in [0.2, 0.25) is 5.02 Å². The van der Waals surface area contributed by atoms with Crippen LogP contribution < -0.4 is 4.74 Å². The molecule has 2 rings (SSSR count). The van der Waals surface area contributed by atoms with E-state index in [4.69, 9.17) is 16.3 Å². The molecule has 5 nitrogen and oxygen atoms in total. The highest BCUT2D eigenvalue weighted by atomic mass is 35.5. The van der Waals surface area contributed by atoms with Crippen LogP contribution in [0.3, 0.4) is 0 Å². The first kappa shape index (κ1) is 15.5. The zero-order valence-corrected chi connectivity index (χ0v) is 12.3. The van der Waals surface area contributed by atoms with Crippen LogP contribution in [0, 0.1) is 11.8 Å². The topological polar surface area (TPSA) is 69.7 Å². The van der Waals surface area contributed by atoms with E-state index in [9.17, 15) is 14.4 Å². The van der Waals surface area contributed by atoms with Gasteiger partial charge in [0, 0.05) is 10.9 Å². The van der Waals surface area contributed by atoms with Crippen molar-refractivity contribution in [2.75, 3.05) is 6.61 Å². The molecule has 21 heavy (non-hydrogen) atoms. The van der Waals surface area contributed by atoms with Gasteiger partial charge in [-0.1, -0.05) is 11.6 Å². The summed E-state index contributed by atoms with van der Waals surface area (Å²) in [4.78, 5) is 33.6. The Morgan fingerprint density at radius 2 is 1.90 bits per heavy atom. The third-order valence-corrected chi connectivity index (χ3v) is 3.36. The molecule has 1 fully saturated rings. The summed E-state index contributed by atoms with van der Waals surface area (Å²) in [6, 6.07) is 6.93. The number of ketones is 1. The van der Waals surface area contributed by atoms with E-state index in [1.807, 2.05) is 0 Å². The first-order valence-electron chi connectivity index (χ1n) is 6.58. The van der Waals surface area contributed by atoms with E-state index in [0.717, 1.165) is 0 Å². The van der Waals surface area contributed by atoms with Gasteiger partial charge in [-0.15, -0.1) is 0 Å². The predicted molar refractivity (Wildman–Crippen MR) is 74.9 cm³/mol. The number of carbonyl (C=O) groups excluding carboxylic acids is 3. The first-order valence-corrected chi connectivity index (χ1v) is 6.96. The molecular formula is C15H15ClO5. The largest absolute Gasteiger partial charge is 0.493 e. The maximum atomic E-state index is 11.6. The molecule has 6 heteroatoms. The molecule has 0 spiro atoms. The second-order valence-electron chi connectivity index (χ2n) is 5.04. The fourth-order valence-corrected chi connectivity index (χ4v) is 2.01. The van der Waals surface area contributed by atoms with E-state index in [-0.39, 0.29) is 24.0 Å². The maximum absolute atomic E-state index is 11.6. The van der Waals surface area contributed by atoms with Crippen molar-refractivity contribution in [2.24, 2.45) is 11.8 Å². The molecule has 2 atom stereocenters. The third kappa shape index (κ3) is 4.86. The van der Waals surface area contributed by atoms with Crippen LogP contribution in [-0.2, 0) is 19.1 Å². The third-order valence-electron chi connectivity index (χ3n) is 3.11. The van der Waals surface area contributed by atoms with Gasteiger partial charge < -0.3 is 9.47 Å². The van der Waals surface area contributed by atoms with E-state index < -0.39 is 11.9 Å². The first-order chi connectivity index (χ1) is 9.95.